The zero-order chi connectivity index (χ0) is 32.2. The molecular weight excluding hydrogens is 588 g/mol. The fourth-order valence-corrected chi connectivity index (χ4v) is 6.30. The molecule has 1 aliphatic rings. The zero-order valence-electron chi connectivity index (χ0n) is 25.8. The minimum Gasteiger partial charge on any atom is -0.463 e. The molecule has 10 nitrogen and oxygen atoms in total. The van der Waals surface area contributed by atoms with Crippen molar-refractivity contribution in [2.75, 3.05) is 13.2 Å². The van der Waals surface area contributed by atoms with Crippen LogP contribution in [0.1, 0.15) is 62.8 Å². The van der Waals surface area contributed by atoms with Crippen molar-refractivity contribution in [2.24, 2.45) is 0 Å². The van der Waals surface area contributed by atoms with E-state index in [-0.39, 0.29) is 43.8 Å². The standard InChI is InChI=1S/C36H38N2O8/c1-22(39)9-16-32(41)45-21-30-29(40)18-31(46-30)38-19-27(35(42)37-36(38)43)20-44-17-4-2-3-6-23-10-11-26-13-12-24-7-5-8-25-14-15-28(23)34(26)33(24)25/h5,7-8,10-15,19,29-31,40H,2-4,6,9,16-18,20-21H2,1H3,(H,37,42,43)/t29-,30+,31+/m0/s1. The third-order valence-electron chi connectivity index (χ3n) is 8.76. The van der Waals surface area contributed by atoms with Gasteiger partial charge in [0.25, 0.3) is 5.56 Å². The lowest BCUT2D eigenvalue weighted by molar-refractivity contribution is -0.151. The Kier molecular flexibility index (Phi) is 9.58. The van der Waals surface area contributed by atoms with Crippen LogP contribution in [-0.4, -0.2) is 51.8 Å². The molecule has 4 aromatic carbocycles. The highest BCUT2D eigenvalue weighted by Gasteiger charge is 2.36. The van der Waals surface area contributed by atoms with Crippen LogP contribution in [0.15, 0.2) is 70.4 Å². The van der Waals surface area contributed by atoms with Crippen molar-refractivity contribution in [3.05, 3.63) is 92.8 Å². The Morgan fingerprint density at radius 3 is 2.46 bits per heavy atom. The van der Waals surface area contributed by atoms with Gasteiger partial charge >= 0.3 is 11.7 Å². The summed E-state index contributed by atoms with van der Waals surface area (Å²) < 4.78 is 17.9. The monoisotopic (exact) mass is 626 g/mol. The van der Waals surface area contributed by atoms with E-state index >= 15 is 0 Å². The molecule has 0 saturated carbocycles. The number of aryl methyl sites for hydroxylation is 1. The summed E-state index contributed by atoms with van der Waals surface area (Å²) in [6.45, 7) is 1.67. The fourth-order valence-electron chi connectivity index (χ4n) is 6.30. The number of nitrogens with zero attached hydrogens (tertiary/aromatic N) is 1. The van der Waals surface area contributed by atoms with Gasteiger partial charge in [-0.15, -0.1) is 0 Å². The fraction of sp³-hybridized carbons (Fsp3) is 0.389. The second-order valence-corrected chi connectivity index (χ2v) is 12.1. The summed E-state index contributed by atoms with van der Waals surface area (Å²) in [5, 5.41) is 18.2. The molecule has 6 rings (SSSR count). The van der Waals surface area contributed by atoms with E-state index in [4.69, 9.17) is 14.2 Å². The predicted octanol–water partition coefficient (Wildman–Crippen LogP) is 4.92. The van der Waals surface area contributed by atoms with Crippen LogP contribution in [0.5, 0.6) is 0 Å². The lowest BCUT2D eigenvalue weighted by Gasteiger charge is -2.17. The van der Waals surface area contributed by atoms with Gasteiger partial charge in [0.05, 0.1) is 24.7 Å². The van der Waals surface area contributed by atoms with E-state index in [1.54, 1.807) is 0 Å². The summed E-state index contributed by atoms with van der Waals surface area (Å²) in [7, 11) is 0. The Balaban J connectivity index is 0.984. The van der Waals surface area contributed by atoms with Gasteiger partial charge in [-0.2, -0.15) is 0 Å². The molecule has 5 aromatic rings. The third-order valence-corrected chi connectivity index (χ3v) is 8.76. The molecule has 1 fully saturated rings. The second kappa shape index (κ2) is 13.9. The SMILES string of the molecule is CC(=O)CCC(=O)OC[C@H]1O[C@@H](n2cc(COCCCCCc3ccc4ccc5cccc6ccc3c4c56)c(=O)[nH]c2=O)C[C@@H]1O. The van der Waals surface area contributed by atoms with Crippen molar-refractivity contribution >= 4 is 44.1 Å². The average Bonchev–Trinajstić information content (AvgIpc) is 3.42. The number of rotatable bonds is 14. The summed E-state index contributed by atoms with van der Waals surface area (Å²) in [6.07, 6.45) is 2.59. The molecule has 1 saturated heterocycles. The molecule has 10 heteroatoms. The van der Waals surface area contributed by atoms with Crippen LogP contribution < -0.4 is 11.2 Å². The number of H-pyrrole nitrogens is 1. The molecule has 2 N–H and O–H groups in total. The number of esters is 1. The predicted molar refractivity (Wildman–Crippen MR) is 174 cm³/mol. The molecular formula is C36H38N2O8. The van der Waals surface area contributed by atoms with E-state index < -0.39 is 35.7 Å². The summed E-state index contributed by atoms with van der Waals surface area (Å²) in [6, 6.07) is 19.7. The topological polar surface area (TPSA) is 137 Å². The molecule has 0 unspecified atom stereocenters. The van der Waals surface area contributed by atoms with Gasteiger partial charge in [0, 0.05) is 25.6 Å². The van der Waals surface area contributed by atoms with Crippen molar-refractivity contribution in [3.8, 4) is 0 Å². The van der Waals surface area contributed by atoms with Crippen LogP contribution in [0.25, 0.3) is 32.3 Å². The molecule has 3 atom stereocenters. The summed E-state index contributed by atoms with van der Waals surface area (Å²) in [5.74, 6) is -0.690. The lowest BCUT2D eigenvalue weighted by atomic mass is 9.90. The molecule has 0 bridgehead atoms. The summed E-state index contributed by atoms with van der Waals surface area (Å²) in [4.78, 5) is 50.2. The van der Waals surface area contributed by atoms with E-state index in [2.05, 4.69) is 59.6 Å². The van der Waals surface area contributed by atoms with E-state index in [0.29, 0.717) is 6.61 Å². The Morgan fingerprint density at radius 1 is 0.935 bits per heavy atom. The van der Waals surface area contributed by atoms with Gasteiger partial charge in [-0.1, -0.05) is 61.0 Å². The number of Topliss-reactive ketones (excluding diaryl/α,β-unsaturated/α-hetero) is 1. The van der Waals surface area contributed by atoms with Crippen LogP contribution in [0.3, 0.4) is 0 Å². The minimum absolute atomic E-state index is 0.0249. The van der Waals surface area contributed by atoms with E-state index in [1.807, 2.05) is 0 Å². The van der Waals surface area contributed by atoms with Gasteiger partial charge in [0.1, 0.15) is 24.7 Å². The number of aromatic nitrogens is 2. The van der Waals surface area contributed by atoms with Gasteiger partial charge in [-0.3, -0.25) is 19.1 Å². The molecule has 2 heterocycles. The number of nitrogens with one attached hydrogen (secondary N) is 1. The number of benzene rings is 4. The Labute approximate surface area is 265 Å². The third kappa shape index (κ3) is 6.89. The van der Waals surface area contributed by atoms with Crippen molar-refractivity contribution in [3.63, 3.8) is 0 Å². The smallest absolute Gasteiger partial charge is 0.330 e. The first-order valence-electron chi connectivity index (χ1n) is 15.8. The van der Waals surface area contributed by atoms with Crippen LogP contribution >= 0.6 is 0 Å². The molecule has 0 spiro atoms. The number of hydrogen-bond donors (Lipinski definition) is 2. The molecule has 1 aromatic heterocycles. The minimum atomic E-state index is -0.981. The summed E-state index contributed by atoms with van der Waals surface area (Å²) in [5.41, 5.74) is 0.403. The number of ketones is 1. The quantitative estimate of drug-likeness (QED) is 0.101. The number of carbonyl (C=O) groups is 2. The Morgan fingerprint density at radius 2 is 1.67 bits per heavy atom. The number of carbonyl (C=O) groups excluding carboxylic acids is 2. The van der Waals surface area contributed by atoms with Gasteiger partial charge < -0.3 is 24.1 Å². The van der Waals surface area contributed by atoms with Crippen molar-refractivity contribution in [2.45, 2.75) is 76.9 Å². The number of hydrogen-bond acceptors (Lipinski definition) is 8. The number of aromatic amines is 1. The number of ether oxygens (including phenoxy) is 3. The molecule has 240 valence electrons. The molecule has 1 aliphatic heterocycles. The first-order chi connectivity index (χ1) is 22.3. The van der Waals surface area contributed by atoms with Gasteiger partial charge in [-0.05, 0) is 64.1 Å². The molecule has 46 heavy (non-hydrogen) atoms. The highest BCUT2D eigenvalue weighted by molar-refractivity contribution is 6.23. The van der Waals surface area contributed by atoms with Crippen molar-refractivity contribution in [1.82, 2.24) is 9.55 Å². The first-order valence-corrected chi connectivity index (χ1v) is 15.8. The maximum Gasteiger partial charge on any atom is 0.330 e. The number of unbranched alkanes of at least 4 members (excludes halogenated alkanes) is 2. The van der Waals surface area contributed by atoms with Gasteiger partial charge in [-0.25, -0.2) is 4.79 Å². The van der Waals surface area contributed by atoms with E-state index in [0.717, 1.165) is 25.7 Å². The van der Waals surface area contributed by atoms with Crippen LogP contribution in [0, 0.1) is 0 Å². The van der Waals surface area contributed by atoms with Crippen LogP contribution in [-0.2, 0) is 36.8 Å². The molecule has 0 amide bonds. The largest absolute Gasteiger partial charge is 0.463 e. The maximum absolute atomic E-state index is 12.5. The Bertz CT molecular complexity index is 1960. The van der Waals surface area contributed by atoms with Crippen LogP contribution in [0.2, 0.25) is 0 Å². The number of aliphatic hydroxyl groups is 1. The normalized spacial score (nSPS) is 18.2. The van der Waals surface area contributed by atoms with Crippen LogP contribution in [0.4, 0.5) is 0 Å². The molecule has 0 aliphatic carbocycles. The van der Waals surface area contributed by atoms with E-state index in [1.165, 1.54) is 55.6 Å². The maximum atomic E-state index is 12.5. The Hall–Kier alpha value is -4.38. The average molecular weight is 627 g/mol. The van der Waals surface area contributed by atoms with Crippen molar-refractivity contribution < 1.29 is 28.9 Å². The van der Waals surface area contributed by atoms with Gasteiger partial charge in [0.15, 0.2) is 0 Å². The summed E-state index contributed by atoms with van der Waals surface area (Å²) >= 11 is 0. The first kappa shape index (κ1) is 31.6. The van der Waals surface area contributed by atoms with Crippen molar-refractivity contribution in [1.29, 1.82) is 0 Å². The zero-order valence-corrected chi connectivity index (χ0v) is 25.8. The van der Waals surface area contributed by atoms with E-state index in [9.17, 15) is 24.3 Å². The highest BCUT2D eigenvalue weighted by atomic mass is 16.6. The second-order valence-electron chi connectivity index (χ2n) is 12.1. The molecule has 0 radical (unpaired) electrons. The highest BCUT2D eigenvalue weighted by Crippen LogP contribution is 2.36. The lowest BCUT2D eigenvalue weighted by Crippen LogP contribution is -2.34. The number of aliphatic hydroxyl groups excluding tert-OH is 1. The van der Waals surface area contributed by atoms with Gasteiger partial charge in [0.2, 0.25) is 0 Å².